The molecule has 212 valence electrons. The predicted octanol–water partition coefficient (Wildman–Crippen LogP) is 4.77. The second kappa shape index (κ2) is 11.8. The smallest absolute Gasteiger partial charge is 0.475 e. The quantitative estimate of drug-likeness (QED) is 0.387. The number of carbonyl (C=O) groups is 3. The van der Waals surface area contributed by atoms with E-state index in [2.05, 4.69) is 40.7 Å². The van der Waals surface area contributed by atoms with Gasteiger partial charge in [0.15, 0.2) is 0 Å². The molecule has 1 aromatic carbocycles. The van der Waals surface area contributed by atoms with E-state index >= 15 is 0 Å². The minimum Gasteiger partial charge on any atom is -0.475 e. The van der Waals surface area contributed by atoms with Gasteiger partial charge in [-0.3, -0.25) is 9.59 Å². The van der Waals surface area contributed by atoms with Crippen molar-refractivity contribution < 1.29 is 32.7 Å². The van der Waals surface area contributed by atoms with Crippen molar-refractivity contribution in [3.8, 4) is 0 Å². The molecule has 0 saturated carbocycles. The Kier molecular flexibility index (Phi) is 8.59. The molecule has 1 fully saturated rings. The number of piperidine rings is 1. The third kappa shape index (κ3) is 6.50. The molecule has 1 saturated heterocycles. The summed E-state index contributed by atoms with van der Waals surface area (Å²) in [6.07, 6.45) is 2.41. The van der Waals surface area contributed by atoms with Gasteiger partial charge in [0.25, 0.3) is 0 Å². The number of thiophene rings is 1. The molecule has 2 amide bonds. The standard InChI is InChI=1S/C26H28N4O2S.C2HF3O2/c1-17-20-5-3-4-6-21(20)33-22(17)16-30(2)23(31)8-7-18-13-19-14-26(9-11-27-12-10-26)25(32)29-24(19)28-15-18;3-2(4,5)1(6)7/h3-8,13,15,27H,9-12,14,16H2,1-2H3,(H,28,29,32);(H,6,7)/b8-7+;. The summed E-state index contributed by atoms with van der Waals surface area (Å²) >= 11 is 1.74. The van der Waals surface area contributed by atoms with Gasteiger partial charge in [-0.05, 0) is 79.6 Å². The van der Waals surface area contributed by atoms with Crippen LogP contribution in [-0.4, -0.2) is 59.1 Å². The first kappa shape index (κ1) is 29.2. The molecule has 2 aliphatic rings. The maximum absolute atomic E-state index is 12.8. The summed E-state index contributed by atoms with van der Waals surface area (Å²) < 4.78 is 33.0. The number of hydrogen-bond donors (Lipinski definition) is 3. The van der Waals surface area contributed by atoms with E-state index in [4.69, 9.17) is 9.90 Å². The maximum Gasteiger partial charge on any atom is 0.490 e. The molecule has 4 heterocycles. The number of aryl methyl sites for hydroxylation is 1. The third-order valence-corrected chi connectivity index (χ3v) is 8.41. The van der Waals surface area contributed by atoms with Crippen molar-refractivity contribution >= 4 is 51.1 Å². The number of alkyl halides is 3. The Morgan fingerprint density at radius 3 is 2.55 bits per heavy atom. The lowest BCUT2D eigenvalue weighted by molar-refractivity contribution is -0.192. The van der Waals surface area contributed by atoms with Crippen LogP contribution in [0.25, 0.3) is 16.2 Å². The number of carboxylic acids is 1. The summed E-state index contributed by atoms with van der Waals surface area (Å²) in [5, 5.41) is 14.7. The van der Waals surface area contributed by atoms with Gasteiger partial charge >= 0.3 is 12.1 Å². The van der Waals surface area contributed by atoms with Crippen LogP contribution in [0.5, 0.6) is 0 Å². The van der Waals surface area contributed by atoms with Gasteiger partial charge in [0.05, 0.1) is 12.0 Å². The molecule has 5 rings (SSSR count). The van der Waals surface area contributed by atoms with Crippen molar-refractivity contribution in [1.29, 1.82) is 0 Å². The molecule has 3 aromatic rings. The van der Waals surface area contributed by atoms with E-state index in [1.807, 2.05) is 25.3 Å². The van der Waals surface area contributed by atoms with Gasteiger partial charge in [0.2, 0.25) is 11.8 Å². The van der Waals surface area contributed by atoms with Crippen LogP contribution < -0.4 is 10.6 Å². The molecule has 3 N–H and O–H groups in total. The first-order chi connectivity index (χ1) is 18.9. The molecule has 0 aliphatic carbocycles. The monoisotopic (exact) mass is 574 g/mol. The van der Waals surface area contributed by atoms with Crippen molar-refractivity contribution in [2.24, 2.45) is 5.41 Å². The number of amides is 2. The summed E-state index contributed by atoms with van der Waals surface area (Å²) in [6, 6.07) is 10.4. The molecule has 0 radical (unpaired) electrons. The predicted molar refractivity (Wildman–Crippen MR) is 147 cm³/mol. The number of anilines is 1. The number of pyridine rings is 1. The molecule has 0 bridgehead atoms. The summed E-state index contributed by atoms with van der Waals surface area (Å²) in [5.41, 5.74) is 2.81. The highest BCUT2D eigenvalue weighted by molar-refractivity contribution is 7.19. The summed E-state index contributed by atoms with van der Waals surface area (Å²) in [7, 11) is 1.83. The van der Waals surface area contributed by atoms with Crippen LogP contribution in [0, 0.1) is 12.3 Å². The number of rotatable bonds is 4. The van der Waals surface area contributed by atoms with Crippen LogP contribution in [0.15, 0.2) is 42.6 Å². The lowest BCUT2D eigenvalue weighted by atomic mass is 9.71. The molecular formula is C28H29F3N4O4S. The fourth-order valence-electron chi connectivity index (χ4n) is 4.83. The number of hydrogen-bond acceptors (Lipinski definition) is 6. The average molecular weight is 575 g/mol. The second-order valence-corrected chi connectivity index (χ2v) is 11.1. The van der Waals surface area contributed by atoms with E-state index in [1.165, 1.54) is 20.5 Å². The number of aromatic nitrogens is 1. The van der Waals surface area contributed by atoms with E-state index in [-0.39, 0.29) is 17.2 Å². The number of carbonyl (C=O) groups excluding carboxylic acids is 2. The summed E-state index contributed by atoms with van der Waals surface area (Å²) in [5.74, 6) is -2.08. The fraction of sp³-hybridized carbons (Fsp3) is 0.357. The number of carboxylic acid groups (broad SMARTS) is 1. The zero-order valence-corrected chi connectivity index (χ0v) is 22.8. The molecule has 0 atom stereocenters. The van der Waals surface area contributed by atoms with Crippen molar-refractivity contribution in [3.63, 3.8) is 0 Å². The van der Waals surface area contributed by atoms with E-state index in [0.29, 0.717) is 18.8 Å². The lowest BCUT2D eigenvalue weighted by Crippen LogP contribution is -2.48. The molecule has 12 heteroatoms. The Morgan fingerprint density at radius 1 is 1.23 bits per heavy atom. The minimum absolute atomic E-state index is 0.0484. The number of aliphatic carboxylic acids is 1. The van der Waals surface area contributed by atoms with Gasteiger partial charge in [-0.1, -0.05) is 18.2 Å². The molecule has 2 aromatic heterocycles. The van der Waals surface area contributed by atoms with Gasteiger partial charge in [0.1, 0.15) is 5.82 Å². The lowest BCUT2D eigenvalue weighted by Gasteiger charge is -2.39. The molecule has 2 aliphatic heterocycles. The number of benzene rings is 1. The second-order valence-electron chi connectivity index (χ2n) is 9.91. The topological polar surface area (TPSA) is 112 Å². The Morgan fingerprint density at radius 2 is 1.90 bits per heavy atom. The van der Waals surface area contributed by atoms with Crippen LogP contribution in [0.3, 0.4) is 0 Å². The molecule has 0 unspecified atom stereocenters. The zero-order chi connectivity index (χ0) is 29.1. The average Bonchev–Trinajstić information content (AvgIpc) is 3.23. The Hall–Kier alpha value is -3.77. The van der Waals surface area contributed by atoms with E-state index in [0.717, 1.165) is 37.1 Å². The largest absolute Gasteiger partial charge is 0.490 e. The number of nitrogens with one attached hydrogen (secondary N) is 2. The van der Waals surface area contributed by atoms with Crippen molar-refractivity contribution in [3.05, 3.63) is 64.2 Å². The Balaban J connectivity index is 0.000000470. The van der Waals surface area contributed by atoms with E-state index < -0.39 is 12.1 Å². The minimum atomic E-state index is -5.08. The van der Waals surface area contributed by atoms with Crippen LogP contribution in [0.1, 0.15) is 34.4 Å². The Bertz CT molecular complexity index is 1460. The zero-order valence-electron chi connectivity index (χ0n) is 22.0. The molecule has 40 heavy (non-hydrogen) atoms. The maximum atomic E-state index is 12.8. The van der Waals surface area contributed by atoms with Gasteiger partial charge in [-0.15, -0.1) is 11.3 Å². The third-order valence-electron chi connectivity index (χ3n) is 7.15. The normalized spacial score (nSPS) is 16.3. The highest BCUT2D eigenvalue weighted by Gasteiger charge is 2.43. The summed E-state index contributed by atoms with van der Waals surface area (Å²) in [6.45, 7) is 4.42. The van der Waals surface area contributed by atoms with E-state index in [9.17, 15) is 22.8 Å². The van der Waals surface area contributed by atoms with Gasteiger partial charge in [-0.2, -0.15) is 13.2 Å². The first-order valence-electron chi connectivity index (χ1n) is 12.6. The van der Waals surface area contributed by atoms with Crippen LogP contribution in [0.4, 0.5) is 19.0 Å². The van der Waals surface area contributed by atoms with Gasteiger partial charge in [-0.25, -0.2) is 9.78 Å². The number of halogens is 3. The SMILES string of the molecule is Cc1c(CN(C)C(=O)/C=C/c2cnc3c(c2)CC2(CCNCC2)C(=O)N3)sc2ccccc12.O=C(O)C(F)(F)F. The summed E-state index contributed by atoms with van der Waals surface area (Å²) in [4.78, 5) is 41.8. The van der Waals surface area contributed by atoms with Crippen molar-refractivity contribution in [2.75, 3.05) is 25.5 Å². The van der Waals surface area contributed by atoms with Crippen molar-refractivity contribution in [2.45, 2.75) is 38.9 Å². The highest BCUT2D eigenvalue weighted by Crippen LogP contribution is 2.39. The highest BCUT2D eigenvalue weighted by atomic mass is 32.1. The Labute approximate surface area is 232 Å². The molecule has 8 nitrogen and oxygen atoms in total. The number of fused-ring (bicyclic) bond motifs is 2. The fourth-order valence-corrected chi connectivity index (χ4v) is 6.09. The van der Waals surface area contributed by atoms with Gasteiger partial charge < -0.3 is 20.6 Å². The molecule has 1 spiro atoms. The van der Waals surface area contributed by atoms with E-state index in [1.54, 1.807) is 28.5 Å². The van der Waals surface area contributed by atoms with Crippen LogP contribution >= 0.6 is 11.3 Å². The van der Waals surface area contributed by atoms with Crippen LogP contribution in [0.2, 0.25) is 0 Å². The van der Waals surface area contributed by atoms with Crippen molar-refractivity contribution in [1.82, 2.24) is 15.2 Å². The van der Waals surface area contributed by atoms with Crippen LogP contribution in [-0.2, 0) is 27.3 Å². The number of likely N-dealkylation sites (N-methyl/N-ethyl adjacent to an activating group) is 1. The van der Waals surface area contributed by atoms with Gasteiger partial charge in [0, 0.05) is 28.9 Å². The number of nitrogens with zero attached hydrogens (tertiary/aromatic N) is 2. The first-order valence-corrected chi connectivity index (χ1v) is 13.4. The molecular weight excluding hydrogens is 545 g/mol.